The number of carbonyl (C=O) groups excluding carboxylic acids is 1. The Hall–Kier alpha value is -2.00. The molecular formula is C18H20ClNO2. The number of amides is 1. The van der Waals surface area contributed by atoms with Gasteiger partial charge in [0.1, 0.15) is 5.75 Å². The standard InChI is InChI=1S/C18H20ClNO2/c1-3-14-11-16(9-10-17(14)19)22-12-18(21)20-13(2)15-7-5-4-6-8-15/h4-11,13H,3,12H2,1-2H3,(H,20,21). The first kappa shape index (κ1) is 16.4. The van der Waals surface area contributed by atoms with Crippen LogP contribution in [0.25, 0.3) is 0 Å². The predicted octanol–water partition coefficient (Wildman–Crippen LogP) is 4.16. The van der Waals surface area contributed by atoms with E-state index in [4.69, 9.17) is 16.3 Å². The Labute approximate surface area is 136 Å². The molecule has 0 saturated carbocycles. The molecule has 2 rings (SSSR count). The Morgan fingerprint density at radius 3 is 2.64 bits per heavy atom. The van der Waals surface area contributed by atoms with Gasteiger partial charge in [0, 0.05) is 5.02 Å². The molecule has 3 nitrogen and oxygen atoms in total. The molecule has 4 heteroatoms. The van der Waals surface area contributed by atoms with Gasteiger partial charge in [0.15, 0.2) is 6.61 Å². The van der Waals surface area contributed by atoms with Crippen molar-refractivity contribution >= 4 is 17.5 Å². The molecule has 1 atom stereocenters. The number of ether oxygens (including phenoxy) is 1. The topological polar surface area (TPSA) is 38.3 Å². The van der Waals surface area contributed by atoms with Crippen molar-refractivity contribution < 1.29 is 9.53 Å². The van der Waals surface area contributed by atoms with E-state index < -0.39 is 0 Å². The Bertz CT molecular complexity index is 628. The quantitative estimate of drug-likeness (QED) is 0.868. The monoisotopic (exact) mass is 317 g/mol. The molecule has 2 aromatic rings. The van der Waals surface area contributed by atoms with Gasteiger partial charge < -0.3 is 10.1 Å². The van der Waals surface area contributed by atoms with Crippen LogP contribution >= 0.6 is 11.6 Å². The van der Waals surface area contributed by atoms with Crippen LogP contribution in [0.15, 0.2) is 48.5 Å². The van der Waals surface area contributed by atoms with Crippen molar-refractivity contribution in [3.05, 3.63) is 64.7 Å². The highest BCUT2D eigenvalue weighted by molar-refractivity contribution is 6.31. The van der Waals surface area contributed by atoms with Gasteiger partial charge in [0.05, 0.1) is 6.04 Å². The molecular weight excluding hydrogens is 298 g/mol. The van der Waals surface area contributed by atoms with Crippen molar-refractivity contribution in [3.63, 3.8) is 0 Å². The van der Waals surface area contributed by atoms with Gasteiger partial charge in [0.2, 0.25) is 0 Å². The lowest BCUT2D eigenvalue weighted by atomic mass is 10.1. The first-order chi connectivity index (χ1) is 10.6. The van der Waals surface area contributed by atoms with Crippen LogP contribution in [0.1, 0.15) is 31.0 Å². The lowest BCUT2D eigenvalue weighted by Crippen LogP contribution is -2.31. The normalized spacial score (nSPS) is 11.8. The Kier molecular flexibility index (Phi) is 5.84. The molecule has 116 valence electrons. The fourth-order valence-corrected chi connectivity index (χ4v) is 2.42. The van der Waals surface area contributed by atoms with E-state index in [-0.39, 0.29) is 18.6 Å². The highest BCUT2D eigenvalue weighted by atomic mass is 35.5. The van der Waals surface area contributed by atoms with Gasteiger partial charge in [-0.05, 0) is 42.7 Å². The number of halogens is 1. The summed E-state index contributed by atoms with van der Waals surface area (Å²) in [6.45, 7) is 3.96. The van der Waals surface area contributed by atoms with Crippen LogP contribution in [0.2, 0.25) is 5.02 Å². The lowest BCUT2D eigenvalue weighted by Gasteiger charge is -2.15. The second-order valence-corrected chi connectivity index (χ2v) is 5.50. The zero-order valence-electron chi connectivity index (χ0n) is 12.8. The smallest absolute Gasteiger partial charge is 0.258 e. The maximum absolute atomic E-state index is 12.0. The summed E-state index contributed by atoms with van der Waals surface area (Å²) in [5, 5.41) is 3.64. The number of rotatable bonds is 6. The molecule has 0 saturated heterocycles. The van der Waals surface area contributed by atoms with Crippen LogP contribution < -0.4 is 10.1 Å². The molecule has 0 aliphatic carbocycles. The van der Waals surface area contributed by atoms with Crippen LogP contribution in [-0.4, -0.2) is 12.5 Å². The second-order valence-electron chi connectivity index (χ2n) is 5.10. The summed E-state index contributed by atoms with van der Waals surface area (Å²) in [6.07, 6.45) is 0.827. The molecule has 22 heavy (non-hydrogen) atoms. The number of hydrogen-bond acceptors (Lipinski definition) is 2. The largest absolute Gasteiger partial charge is 0.484 e. The minimum atomic E-state index is -0.149. The van der Waals surface area contributed by atoms with Crippen molar-refractivity contribution in [2.75, 3.05) is 6.61 Å². The molecule has 0 bridgehead atoms. The van der Waals surface area contributed by atoms with Gasteiger partial charge in [-0.2, -0.15) is 0 Å². The van der Waals surface area contributed by atoms with Crippen molar-refractivity contribution in [2.45, 2.75) is 26.3 Å². The summed E-state index contributed by atoms with van der Waals surface area (Å²) in [7, 11) is 0. The first-order valence-corrected chi connectivity index (χ1v) is 7.73. The molecule has 1 N–H and O–H groups in total. The zero-order valence-corrected chi connectivity index (χ0v) is 13.6. The maximum Gasteiger partial charge on any atom is 0.258 e. The summed E-state index contributed by atoms with van der Waals surface area (Å²) in [5.41, 5.74) is 2.08. The lowest BCUT2D eigenvalue weighted by molar-refractivity contribution is -0.123. The first-order valence-electron chi connectivity index (χ1n) is 7.35. The number of nitrogens with one attached hydrogen (secondary N) is 1. The van der Waals surface area contributed by atoms with Crippen LogP contribution in [-0.2, 0) is 11.2 Å². The fraction of sp³-hybridized carbons (Fsp3) is 0.278. The molecule has 0 fully saturated rings. The fourth-order valence-electron chi connectivity index (χ4n) is 2.17. The molecule has 2 aromatic carbocycles. The zero-order chi connectivity index (χ0) is 15.9. The van der Waals surface area contributed by atoms with E-state index in [2.05, 4.69) is 5.32 Å². The maximum atomic E-state index is 12.0. The van der Waals surface area contributed by atoms with Crippen molar-refractivity contribution in [3.8, 4) is 5.75 Å². The Balaban J connectivity index is 1.88. The van der Waals surface area contributed by atoms with E-state index in [9.17, 15) is 4.79 Å². The van der Waals surface area contributed by atoms with Crippen LogP contribution in [0, 0.1) is 0 Å². The molecule has 1 unspecified atom stereocenters. The van der Waals surface area contributed by atoms with Gasteiger partial charge in [-0.15, -0.1) is 0 Å². The third-order valence-electron chi connectivity index (χ3n) is 3.45. The van der Waals surface area contributed by atoms with Gasteiger partial charge >= 0.3 is 0 Å². The second kappa shape index (κ2) is 7.85. The average Bonchev–Trinajstić information content (AvgIpc) is 2.55. The molecule has 1 amide bonds. The number of benzene rings is 2. The van der Waals surface area contributed by atoms with Gasteiger partial charge in [0.25, 0.3) is 5.91 Å². The molecule has 0 aliphatic heterocycles. The summed E-state index contributed by atoms with van der Waals surface area (Å²) >= 11 is 6.06. The van der Waals surface area contributed by atoms with Gasteiger partial charge in [-0.25, -0.2) is 0 Å². The van der Waals surface area contributed by atoms with Crippen molar-refractivity contribution in [1.29, 1.82) is 0 Å². The van der Waals surface area contributed by atoms with Crippen molar-refractivity contribution in [2.24, 2.45) is 0 Å². The molecule has 0 aliphatic rings. The highest BCUT2D eigenvalue weighted by Gasteiger charge is 2.10. The molecule has 0 radical (unpaired) electrons. The molecule has 0 aromatic heterocycles. The third-order valence-corrected chi connectivity index (χ3v) is 3.81. The van der Waals surface area contributed by atoms with E-state index in [0.717, 1.165) is 22.6 Å². The number of carbonyl (C=O) groups is 1. The van der Waals surface area contributed by atoms with E-state index in [1.165, 1.54) is 0 Å². The number of aryl methyl sites for hydroxylation is 1. The van der Waals surface area contributed by atoms with E-state index in [0.29, 0.717) is 5.75 Å². The minimum absolute atomic E-state index is 0.0119. The summed E-state index contributed by atoms with van der Waals surface area (Å²) in [6, 6.07) is 15.2. The summed E-state index contributed by atoms with van der Waals surface area (Å²) in [5.74, 6) is 0.508. The van der Waals surface area contributed by atoms with Gasteiger partial charge in [-0.1, -0.05) is 48.9 Å². The third kappa shape index (κ3) is 4.50. The van der Waals surface area contributed by atoms with E-state index in [1.807, 2.05) is 50.2 Å². The van der Waals surface area contributed by atoms with Crippen LogP contribution in [0.5, 0.6) is 5.75 Å². The van der Waals surface area contributed by atoms with Crippen molar-refractivity contribution in [1.82, 2.24) is 5.32 Å². The molecule has 0 spiro atoms. The highest BCUT2D eigenvalue weighted by Crippen LogP contribution is 2.22. The minimum Gasteiger partial charge on any atom is -0.484 e. The SMILES string of the molecule is CCc1cc(OCC(=O)NC(C)c2ccccc2)ccc1Cl. The Morgan fingerprint density at radius 1 is 1.23 bits per heavy atom. The van der Waals surface area contributed by atoms with E-state index in [1.54, 1.807) is 12.1 Å². The van der Waals surface area contributed by atoms with Crippen LogP contribution in [0.3, 0.4) is 0 Å². The average molecular weight is 318 g/mol. The summed E-state index contributed by atoms with van der Waals surface area (Å²) < 4.78 is 5.53. The Morgan fingerprint density at radius 2 is 1.95 bits per heavy atom. The van der Waals surface area contributed by atoms with E-state index >= 15 is 0 Å². The molecule has 0 heterocycles. The van der Waals surface area contributed by atoms with Crippen LogP contribution in [0.4, 0.5) is 0 Å². The number of hydrogen-bond donors (Lipinski definition) is 1. The predicted molar refractivity (Wildman–Crippen MR) is 89.3 cm³/mol. The van der Waals surface area contributed by atoms with Gasteiger partial charge in [-0.3, -0.25) is 4.79 Å². The summed E-state index contributed by atoms with van der Waals surface area (Å²) in [4.78, 5) is 12.0.